The fourth-order valence-electron chi connectivity index (χ4n) is 3.41. The maximum Gasteiger partial charge on any atom is 0.220 e. The molecule has 1 aromatic heterocycles. The van der Waals surface area contributed by atoms with E-state index in [4.69, 9.17) is 13.9 Å². The number of hydrogen-bond donors (Lipinski definition) is 1. The first kappa shape index (κ1) is 20.9. The molecule has 162 valence electrons. The molecule has 0 aliphatic carbocycles. The van der Waals surface area contributed by atoms with Crippen molar-refractivity contribution in [2.45, 2.75) is 32.1 Å². The van der Waals surface area contributed by atoms with Crippen molar-refractivity contribution < 1.29 is 23.1 Å². The van der Waals surface area contributed by atoms with Crippen molar-refractivity contribution >= 4 is 5.91 Å². The number of benzene rings is 2. The molecule has 2 aromatic carbocycles. The monoisotopic (exact) mass is 424 g/mol. The van der Waals surface area contributed by atoms with E-state index in [2.05, 4.69) is 24.1 Å². The Hall–Kier alpha value is -3.35. The molecule has 7 heteroatoms. The Morgan fingerprint density at radius 3 is 2.71 bits per heavy atom. The normalized spacial score (nSPS) is 13.1. The minimum atomic E-state index is -0.371. The number of carbonyl (C=O) groups excluding carboxylic acids is 1. The van der Waals surface area contributed by atoms with Crippen LogP contribution in [0, 0.1) is 5.82 Å². The highest BCUT2D eigenvalue weighted by molar-refractivity contribution is 5.76. The van der Waals surface area contributed by atoms with Crippen molar-refractivity contribution in [1.29, 1.82) is 0 Å². The van der Waals surface area contributed by atoms with Crippen LogP contribution in [0.1, 0.15) is 31.7 Å². The molecule has 0 spiro atoms. The molecule has 0 radical (unpaired) electrons. The van der Waals surface area contributed by atoms with Gasteiger partial charge >= 0.3 is 0 Å². The predicted octanol–water partition coefficient (Wildman–Crippen LogP) is 4.28. The number of aromatic nitrogens is 1. The third kappa shape index (κ3) is 4.87. The van der Waals surface area contributed by atoms with Crippen LogP contribution in [-0.4, -0.2) is 30.6 Å². The molecular weight excluding hydrogens is 399 g/mol. The SMILES string of the molecule is CC(C)(CNC(=O)CCc1ncc(-c2ccccc2F)o1)c1ccc2c(c1)OCCO2. The fourth-order valence-corrected chi connectivity index (χ4v) is 3.41. The number of carbonyl (C=O) groups is 1. The van der Waals surface area contributed by atoms with Crippen molar-refractivity contribution in [1.82, 2.24) is 10.3 Å². The second-order valence-corrected chi connectivity index (χ2v) is 8.12. The minimum absolute atomic E-state index is 0.101. The topological polar surface area (TPSA) is 73.6 Å². The van der Waals surface area contributed by atoms with Crippen molar-refractivity contribution in [2.75, 3.05) is 19.8 Å². The van der Waals surface area contributed by atoms with Gasteiger partial charge in [-0.15, -0.1) is 0 Å². The maximum atomic E-state index is 13.9. The lowest BCUT2D eigenvalue weighted by molar-refractivity contribution is -0.121. The van der Waals surface area contributed by atoms with E-state index < -0.39 is 0 Å². The van der Waals surface area contributed by atoms with Crippen LogP contribution < -0.4 is 14.8 Å². The molecule has 1 aliphatic heterocycles. The second-order valence-electron chi connectivity index (χ2n) is 8.12. The van der Waals surface area contributed by atoms with Crippen molar-refractivity contribution in [3.63, 3.8) is 0 Å². The number of hydrogen-bond acceptors (Lipinski definition) is 5. The Bertz CT molecular complexity index is 1080. The third-order valence-electron chi connectivity index (χ3n) is 5.31. The van der Waals surface area contributed by atoms with Crippen LogP contribution in [0.25, 0.3) is 11.3 Å². The zero-order chi connectivity index (χ0) is 21.8. The predicted molar refractivity (Wildman–Crippen MR) is 114 cm³/mol. The molecule has 0 saturated heterocycles. The lowest BCUT2D eigenvalue weighted by Crippen LogP contribution is -2.36. The summed E-state index contributed by atoms with van der Waals surface area (Å²) in [4.78, 5) is 16.5. The first-order valence-corrected chi connectivity index (χ1v) is 10.3. The van der Waals surface area contributed by atoms with Crippen molar-refractivity contribution in [2.24, 2.45) is 0 Å². The average Bonchev–Trinajstić information content (AvgIpc) is 3.25. The maximum absolute atomic E-state index is 13.9. The molecule has 6 nitrogen and oxygen atoms in total. The number of fused-ring (bicyclic) bond motifs is 1. The first-order chi connectivity index (χ1) is 14.9. The van der Waals surface area contributed by atoms with Gasteiger partial charge in [0.05, 0.1) is 11.8 Å². The van der Waals surface area contributed by atoms with Gasteiger partial charge in [-0.25, -0.2) is 9.37 Å². The van der Waals surface area contributed by atoms with Crippen LogP contribution in [0.5, 0.6) is 11.5 Å². The van der Waals surface area contributed by atoms with Gasteiger partial charge in [-0.05, 0) is 29.8 Å². The highest BCUT2D eigenvalue weighted by atomic mass is 19.1. The van der Waals surface area contributed by atoms with E-state index in [1.165, 1.54) is 12.3 Å². The van der Waals surface area contributed by atoms with E-state index in [9.17, 15) is 9.18 Å². The van der Waals surface area contributed by atoms with Gasteiger partial charge in [-0.3, -0.25) is 4.79 Å². The highest BCUT2D eigenvalue weighted by Gasteiger charge is 2.24. The number of ether oxygens (including phenoxy) is 2. The quantitative estimate of drug-likeness (QED) is 0.613. The second kappa shape index (κ2) is 8.79. The van der Waals surface area contributed by atoms with Gasteiger partial charge in [-0.1, -0.05) is 32.0 Å². The van der Waals surface area contributed by atoms with Gasteiger partial charge in [-0.2, -0.15) is 0 Å². The van der Waals surface area contributed by atoms with Crippen molar-refractivity contribution in [3.05, 3.63) is 65.9 Å². The van der Waals surface area contributed by atoms with Gasteiger partial charge in [0, 0.05) is 24.8 Å². The van der Waals surface area contributed by atoms with Gasteiger partial charge < -0.3 is 19.2 Å². The van der Waals surface area contributed by atoms with E-state index in [0.29, 0.717) is 43.4 Å². The smallest absolute Gasteiger partial charge is 0.220 e. The summed E-state index contributed by atoms with van der Waals surface area (Å²) in [7, 11) is 0. The number of halogens is 1. The molecule has 31 heavy (non-hydrogen) atoms. The van der Waals surface area contributed by atoms with Gasteiger partial charge in [0.2, 0.25) is 5.91 Å². The van der Waals surface area contributed by atoms with Crippen LogP contribution in [0.3, 0.4) is 0 Å². The summed E-state index contributed by atoms with van der Waals surface area (Å²) in [5, 5.41) is 2.98. The largest absolute Gasteiger partial charge is 0.486 e. The van der Waals surface area contributed by atoms with Crippen molar-refractivity contribution in [3.8, 4) is 22.8 Å². The first-order valence-electron chi connectivity index (χ1n) is 10.3. The van der Waals surface area contributed by atoms with E-state index in [1.54, 1.807) is 18.2 Å². The summed E-state index contributed by atoms with van der Waals surface area (Å²) in [6.45, 7) is 5.68. The summed E-state index contributed by atoms with van der Waals surface area (Å²) < 4.78 is 30.7. The fraction of sp³-hybridized carbons (Fsp3) is 0.333. The summed E-state index contributed by atoms with van der Waals surface area (Å²) in [5.74, 6) is 1.77. The zero-order valence-electron chi connectivity index (χ0n) is 17.6. The molecule has 0 atom stereocenters. The lowest BCUT2D eigenvalue weighted by atomic mass is 9.84. The van der Waals surface area contributed by atoms with Gasteiger partial charge in [0.15, 0.2) is 23.1 Å². The number of oxazole rings is 1. The Kier molecular flexibility index (Phi) is 5.93. The zero-order valence-corrected chi connectivity index (χ0v) is 17.6. The van der Waals surface area contributed by atoms with E-state index in [0.717, 1.165) is 17.1 Å². The Labute approximate surface area is 180 Å². The van der Waals surface area contributed by atoms with E-state index in [-0.39, 0.29) is 23.6 Å². The number of aryl methyl sites for hydroxylation is 1. The Balaban J connectivity index is 1.31. The molecular formula is C24H25FN2O4. The molecule has 0 saturated carbocycles. The molecule has 1 N–H and O–H groups in total. The molecule has 0 unspecified atom stereocenters. The van der Waals surface area contributed by atoms with Gasteiger partial charge in [0.25, 0.3) is 0 Å². The molecule has 4 rings (SSSR count). The number of rotatable bonds is 7. The summed E-state index contributed by atoms with van der Waals surface area (Å²) >= 11 is 0. The summed E-state index contributed by atoms with van der Waals surface area (Å²) in [6.07, 6.45) is 2.05. The highest BCUT2D eigenvalue weighted by Crippen LogP contribution is 2.35. The van der Waals surface area contributed by atoms with E-state index >= 15 is 0 Å². The Morgan fingerprint density at radius 2 is 1.90 bits per heavy atom. The van der Waals surface area contributed by atoms with Crippen LogP contribution >= 0.6 is 0 Å². The summed E-state index contributed by atoms with van der Waals surface area (Å²) in [6, 6.07) is 12.2. The average molecular weight is 424 g/mol. The summed E-state index contributed by atoms with van der Waals surface area (Å²) in [5.41, 5.74) is 1.12. The minimum Gasteiger partial charge on any atom is -0.486 e. The molecule has 2 heterocycles. The molecule has 1 amide bonds. The third-order valence-corrected chi connectivity index (χ3v) is 5.31. The van der Waals surface area contributed by atoms with Crippen LogP contribution in [0.2, 0.25) is 0 Å². The van der Waals surface area contributed by atoms with Crippen LogP contribution in [-0.2, 0) is 16.6 Å². The van der Waals surface area contributed by atoms with Crippen LogP contribution in [0.15, 0.2) is 53.1 Å². The van der Waals surface area contributed by atoms with E-state index in [1.807, 2.05) is 18.2 Å². The van der Waals surface area contributed by atoms with Gasteiger partial charge in [0.1, 0.15) is 19.0 Å². The number of nitrogens with one attached hydrogen (secondary N) is 1. The number of nitrogens with zero attached hydrogens (tertiary/aromatic N) is 1. The molecule has 0 bridgehead atoms. The standard InChI is InChI=1S/C24H25FN2O4/c1-24(2,16-7-8-19-20(13-16)30-12-11-29-19)15-27-22(28)9-10-23-26-14-21(31-23)17-5-3-4-6-18(17)25/h3-8,13-14H,9-12,15H2,1-2H3,(H,27,28). The number of amides is 1. The molecule has 3 aromatic rings. The Morgan fingerprint density at radius 1 is 1.13 bits per heavy atom. The molecule has 0 fully saturated rings. The molecule has 1 aliphatic rings. The van der Waals surface area contributed by atoms with Crippen LogP contribution in [0.4, 0.5) is 4.39 Å². The lowest BCUT2D eigenvalue weighted by Gasteiger charge is -2.27.